The molecule has 218 valence electrons. The number of carbonyl (C=O) groups is 4. The first-order chi connectivity index (χ1) is 19.5. The number of ether oxygens (including phenoxy) is 1. The van der Waals surface area contributed by atoms with Crippen molar-refractivity contribution in [2.45, 2.75) is 57.4 Å². The minimum absolute atomic E-state index is 0.00170. The maximum atomic E-state index is 13.4. The highest BCUT2D eigenvalue weighted by Gasteiger charge is 2.49. The fourth-order valence-electron chi connectivity index (χ4n) is 4.76. The molecule has 0 radical (unpaired) electrons. The fourth-order valence-corrected chi connectivity index (χ4v) is 4.76. The molecule has 12 nitrogen and oxygen atoms in total. The molecule has 41 heavy (non-hydrogen) atoms. The number of aromatic nitrogens is 1. The van der Waals surface area contributed by atoms with Crippen molar-refractivity contribution in [2.24, 2.45) is 5.92 Å². The number of nitrogens with one attached hydrogen (secondary N) is 2. The minimum Gasteiger partial charge on any atom is -0.497 e. The Labute approximate surface area is 238 Å². The largest absolute Gasteiger partial charge is 0.622 e. The predicted octanol–water partition coefficient (Wildman–Crippen LogP) is 0.585. The molecule has 2 amide bonds. The lowest BCUT2D eigenvalue weighted by Crippen LogP contribution is -2.64. The molecule has 3 heterocycles. The van der Waals surface area contributed by atoms with Crippen LogP contribution in [0, 0.1) is 5.92 Å². The van der Waals surface area contributed by atoms with Gasteiger partial charge in [-0.3, -0.25) is 24.1 Å². The van der Waals surface area contributed by atoms with Crippen molar-refractivity contribution in [3.8, 4) is 11.3 Å². The number of hydrogen-bond donors (Lipinski definition) is 3. The van der Waals surface area contributed by atoms with Crippen LogP contribution in [0.1, 0.15) is 37.7 Å². The molecule has 0 spiro atoms. The Morgan fingerprint density at radius 1 is 1.00 bits per heavy atom. The predicted molar refractivity (Wildman–Crippen MR) is 148 cm³/mol. The second kappa shape index (κ2) is 13.2. The summed E-state index contributed by atoms with van der Waals surface area (Å²) in [7, 11) is 0.210. The smallest absolute Gasteiger partial charge is 0.497 e. The van der Waals surface area contributed by atoms with Crippen molar-refractivity contribution in [2.75, 3.05) is 20.3 Å². The molecule has 1 aromatic heterocycles. The quantitative estimate of drug-likeness (QED) is 0.367. The van der Waals surface area contributed by atoms with Gasteiger partial charge in [0.25, 0.3) is 5.91 Å². The van der Waals surface area contributed by atoms with Gasteiger partial charge in [0, 0.05) is 5.56 Å². The maximum Gasteiger partial charge on any atom is 0.622 e. The van der Waals surface area contributed by atoms with Crippen molar-refractivity contribution in [3.05, 3.63) is 54.2 Å². The van der Waals surface area contributed by atoms with E-state index in [0.29, 0.717) is 5.69 Å². The molecular weight excluding hydrogens is 531 g/mol. The first-order valence-electron chi connectivity index (χ1n) is 13.6. The molecule has 2 fully saturated rings. The van der Waals surface area contributed by atoms with E-state index < -0.39 is 61.0 Å². The molecule has 2 aliphatic rings. The van der Waals surface area contributed by atoms with Crippen molar-refractivity contribution in [1.29, 1.82) is 0 Å². The number of benzene rings is 1. The summed E-state index contributed by atoms with van der Waals surface area (Å²) < 4.78 is 16.5. The van der Waals surface area contributed by atoms with Gasteiger partial charge in [-0.15, -0.1) is 0 Å². The van der Waals surface area contributed by atoms with Gasteiger partial charge in [0.1, 0.15) is 23.8 Å². The summed E-state index contributed by atoms with van der Waals surface area (Å²) in [5.41, 5.74) is 1.44. The summed E-state index contributed by atoms with van der Waals surface area (Å²) in [6.07, 6.45) is -1.01. The third-order valence-electron chi connectivity index (χ3n) is 7.03. The van der Waals surface area contributed by atoms with Gasteiger partial charge in [-0.2, -0.15) is 0 Å². The number of likely N-dealkylation sites (N-methyl/N-ethyl adjacent to an activating group) is 1. The monoisotopic (exact) mass is 566 g/mol. The number of pyridine rings is 1. The molecule has 2 aliphatic heterocycles. The molecule has 2 bridgehead atoms. The Bertz CT molecular complexity index is 1230. The number of nitrogens with zero attached hydrogens (tertiary/aromatic N) is 2. The minimum atomic E-state index is -1.41. The van der Waals surface area contributed by atoms with Crippen molar-refractivity contribution in [3.63, 3.8) is 0 Å². The Balaban J connectivity index is 1.51. The van der Waals surface area contributed by atoms with E-state index in [9.17, 15) is 24.3 Å². The third-order valence-corrected chi connectivity index (χ3v) is 7.03. The zero-order valence-corrected chi connectivity index (χ0v) is 23.5. The van der Waals surface area contributed by atoms with Gasteiger partial charge >= 0.3 is 19.1 Å². The van der Waals surface area contributed by atoms with Crippen LogP contribution in [-0.2, 0) is 28.4 Å². The molecule has 0 saturated carbocycles. The van der Waals surface area contributed by atoms with Crippen LogP contribution in [0.25, 0.3) is 11.3 Å². The van der Waals surface area contributed by atoms with E-state index in [1.165, 1.54) is 13.0 Å². The molecule has 2 saturated heterocycles. The Kier molecular flexibility index (Phi) is 9.74. The average Bonchev–Trinajstić information content (AvgIpc) is 2.94. The Morgan fingerprint density at radius 3 is 2.22 bits per heavy atom. The maximum absolute atomic E-state index is 13.4. The third kappa shape index (κ3) is 7.29. The van der Waals surface area contributed by atoms with Crippen LogP contribution in [0.4, 0.5) is 0 Å². The second-order valence-electron chi connectivity index (χ2n) is 10.7. The molecule has 1 aromatic carbocycles. The summed E-state index contributed by atoms with van der Waals surface area (Å²) in [4.78, 5) is 58.3. The molecule has 3 unspecified atom stereocenters. The summed E-state index contributed by atoms with van der Waals surface area (Å²) in [5.74, 6) is -3.65. The number of carbonyl (C=O) groups excluding carboxylic acids is 4. The van der Waals surface area contributed by atoms with Crippen LogP contribution in [-0.4, -0.2) is 96.3 Å². The molecule has 5 atom stereocenters. The highest BCUT2D eigenvalue weighted by molar-refractivity contribution is 6.51. The first-order valence-corrected chi connectivity index (χ1v) is 13.6. The van der Waals surface area contributed by atoms with Crippen LogP contribution < -0.4 is 10.6 Å². The number of aliphatic hydroxyl groups is 1. The Hall–Kier alpha value is -3.81. The first kappa shape index (κ1) is 30.2. The average molecular weight is 566 g/mol. The van der Waals surface area contributed by atoms with Gasteiger partial charge in [-0.25, -0.2) is 4.98 Å². The number of aliphatic hydroxyl groups excluding tert-OH is 1. The van der Waals surface area contributed by atoms with E-state index in [-0.39, 0.29) is 31.2 Å². The summed E-state index contributed by atoms with van der Waals surface area (Å²) >= 11 is 0. The highest BCUT2D eigenvalue weighted by atomic mass is 16.6. The van der Waals surface area contributed by atoms with E-state index >= 15 is 0 Å². The molecule has 3 N–H and O–H groups in total. The zero-order chi connectivity index (χ0) is 29.7. The van der Waals surface area contributed by atoms with Crippen molar-refractivity contribution >= 4 is 30.9 Å². The second-order valence-corrected chi connectivity index (χ2v) is 10.7. The summed E-state index contributed by atoms with van der Waals surface area (Å²) in [6.45, 7) is 5.26. The van der Waals surface area contributed by atoms with Gasteiger partial charge in [0.15, 0.2) is 0 Å². The van der Waals surface area contributed by atoms with Crippen LogP contribution in [0.15, 0.2) is 48.5 Å². The lowest BCUT2D eigenvalue weighted by Gasteiger charge is -2.40. The molecule has 0 aliphatic carbocycles. The highest BCUT2D eigenvalue weighted by Crippen LogP contribution is 2.21. The van der Waals surface area contributed by atoms with Crippen LogP contribution >= 0.6 is 0 Å². The van der Waals surface area contributed by atoms with Gasteiger partial charge < -0.3 is 29.8 Å². The number of fused-ring (bicyclic) bond motifs is 2. The lowest BCUT2D eigenvalue weighted by molar-refractivity contribution is -0.166. The summed E-state index contributed by atoms with van der Waals surface area (Å²) in [5, 5.41) is 15.7. The van der Waals surface area contributed by atoms with Crippen molar-refractivity contribution < 1.29 is 38.3 Å². The van der Waals surface area contributed by atoms with Crippen molar-refractivity contribution in [1.82, 2.24) is 20.5 Å². The number of rotatable bonds is 9. The Morgan fingerprint density at radius 2 is 1.63 bits per heavy atom. The topological polar surface area (TPSA) is 156 Å². The van der Waals surface area contributed by atoms with E-state index in [1.807, 2.05) is 44.2 Å². The fraction of sp³-hybridized carbons (Fsp3) is 0.464. The van der Waals surface area contributed by atoms with E-state index in [0.717, 1.165) is 5.56 Å². The van der Waals surface area contributed by atoms with Crippen LogP contribution in [0.5, 0.6) is 0 Å². The standard InChI is InChI=1S/C28H35BN4O8/c1-16(2)13-23(29-40-27(37)21-14-39-15-22(33(21)4)28(38)41-29)31-26(36)24(17(3)34)32-25(35)20-12-8-11-19(30-20)18-9-6-5-7-10-18/h5-12,16-17,21-24,34H,13-15H2,1-4H3,(H,31,36)(H,32,35)/t17?,21-,22-,23?,24?/m0/s1. The van der Waals surface area contributed by atoms with Gasteiger partial charge in [0.05, 0.1) is 31.0 Å². The normalized spacial score (nSPS) is 21.6. The molecular formula is C28H35BN4O8. The van der Waals surface area contributed by atoms with Crippen LogP contribution in [0.3, 0.4) is 0 Å². The lowest BCUT2D eigenvalue weighted by atomic mass is 9.73. The summed E-state index contributed by atoms with van der Waals surface area (Å²) in [6, 6.07) is 11.3. The number of hydrogen-bond acceptors (Lipinski definition) is 10. The number of amides is 2. The SMILES string of the molecule is CC(C)CC(NC(=O)C(NC(=O)c1cccc(-c2ccccc2)n1)C(C)O)B1OC(=O)[C@@H]2COC[C@@H](C(=O)O1)N2C. The molecule has 4 rings (SSSR count). The van der Waals surface area contributed by atoms with E-state index in [1.54, 1.807) is 24.1 Å². The van der Waals surface area contributed by atoms with Crippen LogP contribution in [0.2, 0.25) is 0 Å². The zero-order valence-electron chi connectivity index (χ0n) is 23.5. The van der Waals surface area contributed by atoms with Gasteiger partial charge in [0.2, 0.25) is 5.91 Å². The molecule has 2 aromatic rings. The number of morpholine rings is 1. The van der Waals surface area contributed by atoms with Gasteiger partial charge in [-0.05, 0) is 38.4 Å². The van der Waals surface area contributed by atoms with E-state index in [4.69, 9.17) is 14.0 Å². The van der Waals surface area contributed by atoms with Gasteiger partial charge in [-0.1, -0.05) is 50.2 Å². The van der Waals surface area contributed by atoms with E-state index in [2.05, 4.69) is 15.6 Å². The molecule has 13 heteroatoms.